The molecular formula is C48H33N3S2. The first-order chi connectivity index (χ1) is 26.2. The van der Waals surface area contributed by atoms with E-state index >= 15 is 0 Å². The van der Waals surface area contributed by atoms with E-state index in [1.54, 1.807) is 0 Å². The minimum Gasteiger partial charge on any atom is -0.398 e. The van der Waals surface area contributed by atoms with Crippen molar-refractivity contribution in [3.63, 3.8) is 0 Å². The molecule has 2 aromatic heterocycles. The maximum absolute atomic E-state index is 7.16. The van der Waals surface area contributed by atoms with Crippen LogP contribution in [0.3, 0.4) is 0 Å². The number of thiophene rings is 1. The monoisotopic (exact) mass is 715 g/mol. The molecule has 1 aliphatic heterocycles. The zero-order valence-corrected chi connectivity index (χ0v) is 30.3. The molecule has 1 unspecified atom stereocenters. The van der Waals surface area contributed by atoms with Gasteiger partial charge in [0.1, 0.15) is 0 Å². The highest BCUT2D eigenvalue weighted by Gasteiger charge is 2.32. The summed E-state index contributed by atoms with van der Waals surface area (Å²) in [7, 11) is 0. The van der Waals surface area contributed by atoms with Crippen LogP contribution in [0.25, 0.3) is 85.9 Å². The average molecular weight is 716 g/mol. The Morgan fingerprint density at radius 3 is 2.17 bits per heavy atom. The molecule has 0 aliphatic carbocycles. The third kappa shape index (κ3) is 4.85. The second-order valence-corrected chi connectivity index (χ2v) is 16.1. The van der Waals surface area contributed by atoms with Gasteiger partial charge in [0.2, 0.25) is 0 Å². The first-order valence-electron chi connectivity index (χ1n) is 18.0. The molecule has 53 heavy (non-hydrogen) atoms. The van der Waals surface area contributed by atoms with Crippen molar-refractivity contribution in [3.8, 4) is 11.1 Å². The number of thioether (sulfide) groups is 1. The summed E-state index contributed by atoms with van der Waals surface area (Å²) < 4.78 is 5.12. The molecule has 3 nitrogen and oxygen atoms in total. The summed E-state index contributed by atoms with van der Waals surface area (Å²) in [6, 6.07) is 59.5. The Hall–Kier alpha value is -5.85. The van der Waals surface area contributed by atoms with Gasteiger partial charge in [0, 0.05) is 52.7 Å². The van der Waals surface area contributed by atoms with Crippen LogP contribution in [-0.4, -0.2) is 9.94 Å². The van der Waals surface area contributed by atoms with Gasteiger partial charge in [0.15, 0.2) is 0 Å². The Morgan fingerprint density at radius 1 is 0.566 bits per heavy atom. The summed E-state index contributed by atoms with van der Waals surface area (Å²) in [5.41, 5.74) is 16.3. The van der Waals surface area contributed by atoms with Gasteiger partial charge < -0.3 is 10.3 Å². The highest BCUT2D eigenvalue weighted by atomic mass is 32.2. The number of benzene rings is 8. The van der Waals surface area contributed by atoms with Gasteiger partial charge >= 0.3 is 0 Å². The van der Waals surface area contributed by atoms with Crippen LogP contribution in [0.4, 0.5) is 0 Å². The van der Waals surface area contributed by atoms with Crippen LogP contribution in [0.1, 0.15) is 11.1 Å². The molecule has 1 aliphatic rings. The molecule has 0 saturated heterocycles. The second-order valence-electron chi connectivity index (χ2n) is 13.9. The molecule has 10 aromatic rings. The molecule has 0 amide bonds. The summed E-state index contributed by atoms with van der Waals surface area (Å²) in [6.07, 6.45) is 0. The summed E-state index contributed by atoms with van der Waals surface area (Å²) in [6.45, 7) is 0.620. The van der Waals surface area contributed by atoms with E-state index in [0.29, 0.717) is 6.67 Å². The number of nitrogens with one attached hydrogen (secondary N) is 1. The molecule has 252 valence electrons. The van der Waals surface area contributed by atoms with Gasteiger partial charge in [0.05, 0.1) is 23.1 Å². The molecule has 8 aromatic carbocycles. The molecule has 0 saturated carbocycles. The van der Waals surface area contributed by atoms with Crippen molar-refractivity contribution >= 4 is 97.9 Å². The van der Waals surface area contributed by atoms with E-state index in [2.05, 4.69) is 168 Å². The zero-order valence-electron chi connectivity index (χ0n) is 28.7. The highest BCUT2D eigenvalue weighted by Crippen LogP contribution is 2.49. The molecule has 1 atom stereocenters. The lowest BCUT2D eigenvalue weighted by molar-refractivity contribution is 0.609. The van der Waals surface area contributed by atoms with E-state index < -0.39 is 0 Å². The van der Waals surface area contributed by atoms with Gasteiger partial charge in [0.25, 0.3) is 0 Å². The predicted molar refractivity (Wildman–Crippen MR) is 229 cm³/mol. The number of fused-ring (bicyclic) bond motifs is 11. The Kier molecular flexibility index (Phi) is 7.02. The van der Waals surface area contributed by atoms with Crippen molar-refractivity contribution in [1.29, 1.82) is 0 Å². The second kappa shape index (κ2) is 12.1. The van der Waals surface area contributed by atoms with E-state index in [1.165, 1.54) is 85.1 Å². The lowest BCUT2D eigenvalue weighted by atomic mass is 9.94. The topological polar surface area (TPSA) is 43.0 Å². The van der Waals surface area contributed by atoms with Crippen LogP contribution in [0.5, 0.6) is 0 Å². The van der Waals surface area contributed by atoms with E-state index in [1.807, 2.05) is 29.2 Å². The average Bonchev–Trinajstić information content (AvgIpc) is 3.89. The minimum atomic E-state index is -0.0376. The number of nitrogens with zero attached hydrogens (tertiary/aromatic N) is 1. The van der Waals surface area contributed by atoms with Gasteiger partial charge in [-0.15, -0.1) is 23.1 Å². The molecule has 5 heteroatoms. The Bertz CT molecular complexity index is 3100. The van der Waals surface area contributed by atoms with Gasteiger partial charge in [-0.25, -0.2) is 0 Å². The fourth-order valence-electron chi connectivity index (χ4n) is 8.43. The van der Waals surface area contributed by atoms with Crippen molar-refractivity contribution in [2.75, 3.05) is 0 Å². The molecule has 0 bridgehead atoms. The lowest BCUT2D eigenvalue weighted by Crippen LogP contribution is -2.28. The summed E-state index contributed by atoms with van der Waals surface area (Å²) in [4.78, 5) is 1.25. The highest BCUT2D eigenvalue weighted by molar-refractivity contribution is 8.00. The van der Waals surface area contributed by atoms with Crippen LogP contribution < -0.4 is 11.1 Å². The molecule has 11 rings (SSSR count). The van der Waals surface area contributed by atoms with E-state index in [0.717, 1.165) is 16.8 Å². The molecule has 3 N–H and O–H groups in total. The SMILES string of the molecule is N/C(=C1/c2c(ccc3ccccc23)SC1NCn1c2ccc(-c3ccccc3)cc2c2cc3c(ccc4sc5ccccc5c43)cc21)c1ccccc1. The van der Waals surface area contributed by atoms with Crippen molar-refractivity contribution in [3.05, 3.63) is 175 Å². The lowest BCUT2D eigenvalue weighted by Gasteiger charge is -2.19. The van der Waals surface area contributed by atoms with E-state index in [4.69, 9.17) is 5.73 Å². The van der Waals surface area contributed by atoms with Crippen LogP contribution in [0, 0.1) is 0 Å². The number of rotatable bonds is 5. The Balaban J connectivity index is 1.10. The van der Waals surface area contributed by atoms with E-state index in [9.17, 15) is 0 Å². The molecule has 0 spiro atoms. The van der Waals surface area contributed by atoms with Crippen molar-refractivity contribution in [2.24, 2.45) is 5.73 Å². The van der Waals surface area contributed by atoms with Crippen molar-refractivity contribution in [2.45, 2.75) is 16.9 Å². The fourth-order valence-corrected chi connectivity index (χ4v) is 10.8. The number of aromatic nitrogens is 1. The largest absolute Gasteiger partial charge is 0.398 e. The Labute approximate surface area is 315 Å². The third-order valence-electron chi connectivity index (χ3n) is 10.9. The standard InChI is InChI=1S/C48H33N3S2/c49-47(31-14-5-2-6-15-31)46-45-34-16-8-7-13-30(34)20-23-43(45)53-48(46)50-28-51-39-22-19-32(29-11-3-1-4-12-29)25-37(39)38-27-36-33(26-40(38)51)21-24-42-44(36)35-17-9-10-18-41(35)52-42/h1-27,48,50H,28,49H2/b47-46-. The maximum Gasteiger partial charge on any atom is 0.0876 e. The zero-order chi connectivity index (χ0) is 35.0. The third-order valence-corrected chi connectivity index (χ3v) is 13.3. The number of hydrogen-bond donors (Lipinski definition) is 2. The first kappa shape index (κ1) is 30.7. The molecule has 3 heterocycles. The van der Waals surface area contributed by atoms with Gasteiger partial charge in [-0.3, -0.25) is 5.32 Å². The van der Waals surface area contributed by atoms with Gasteiger partial charge in [-0.05, 0) is 80.7 Å². The van der Waals surface area contributed by atoms with Gasteiger partial charge in [-0.2, -0.15) is 0 Å². The van der Waals surface area contributed by atoms with Crippen molar-refractivity contribution in [1.82, 2.24) is 9.88 Å². The van der Waals surface area contributed by atoms with Crippen LogP contribution >= 0.6 is 23.1 Å². The first-order valence-corrected chi connectivity index (χ1v) is 19.7. The molecular weight excluding hydrogens is 683 g/mol. The summed E-state index contributed by atoms with van der Waals surface area (Å²) >= 11 is 3.74. The summed E-state index contributed by atoms with van der Waals surface area (Å²) in [5, 5.41) is 14.2. The molecule has 0 radical (unpaired) electrons. The smallest absolute Gasteiger partial charge is 0.0876 e. The van der Waals surface area contributed by atoms with E-state index in [-0.39, 0.29) is 5.37 Å². The molecule has 0 fully saturated rings. The van der Waals surface area contributed by atoms with Crippen molar-refractivity contribution < 1.29 is 0 Å². The van der Waals surface area contributed by atoms with Gasteiger partial charge in [-0.1, -0.05) is 121 Å². The fraction of sp³-hybridized carbons (Fsp3) is 0.0417. The summed E-state index contributed by atoms with van der Waals surface area (Å²) in [5.74, 6) is 0. The van der Waals surface area contributed by atoms with Crippen LogP contribution in [0.15, 0.2) is 169 Å². The quantitative estimate of drug-likeness (QED) is 0.186. The normalized spacial score (nSPS) is 15.4. The van der Waals surface area contributed by atoms with Crippen LogP contribution in [-0.2, 0) is 6.67 Å². The predicted octanol–water partition coefficient (Wildman–Crippen LogP) is 12.6. The number of nitrogens with two attached hydrogens (primary N) is 1. The Morgan fingerprint density at radius 2 is 1.30 bits per heavy atom. The van der Waals surface area contributed by atoms with Crippen LogP contribution in [0.2, 0.25) is 0 Å². The minimum absolute atomic E-state index is 0.0376. The number of hydrogen-bond acceptors (Lipinski definition) is 4. The maximum atomic E-state index is 7.16.